The van der Waals surface area contributed by atoms with Crippen LogP contribution in [0, 0.1) is 5.82 Å². The number of aliphatic hydroxyl groups excluding tert-OH is 1. The van der Waals surface area contributed by atoms with Crippen molar-refractivity contribution in [3.8, 4) is 5.75 Å². The van der Waals surface area contributed by atoms with Crippen molar-refractivity contribution >= 4 is 5.97 Å². The maximum Gasteiger partial charge on any atom is 0.339 e. The Bertz CT molecular complexity index is 390. The number of hydrogen-bond donors (Lipinski definition) is 2. The maximum absolute atomic E-state index is 12.8. The molecular formula is C11H13FO4. The van der Waals surface area contributed by atoms with Crippen molar-refractivity contribution < 1.29 is 24.1 Å². The lowest BCUT2D eigenvalue weighted by atomic mass is 10.2. The Hall–Kier alpha value is -1.62. The zero-order valence-electron chi connectivity index (χ0n) is 8.98. The molecule has 0 bridgehead atoms. The van der Waals surface area contributed by atoms with Crippen LogP contribution >= 0.6 is 0 Å². The highest BCUT2D eigenvalue weighted by Gasteiger charge is 2.17. The van der Waals surface area contributed by atoms with Crippen LogP contribution in [0.15, 0.2) is 18.2 Å². The highest BCUT2D eigenvalue weighted by Crippen LogP contribution is 2.21. The van der Waals surface area contributed by atoms with Gasteiger partial charge in [0.25, 0.3) is 0 Å². The number of halogens is 1. The molecule has 0 aliphatic carbocycles. The average Bonchev–Trinajstić information content (AvgIpc) is 2.20. The van der Waals surface area contributed by atoms with Gasteiger partial charge < -0.3 is 14.9 Å². The topological polar surface area (TPSA) is 66.8 Å². The summed E-state index contributed by atoms with van der Waals surface area (Å²) in [6.07, 6.45) is -1.31. The molecule has 4 nitrogen and oxygen atoms in total. The van der Waals surface area contributed by atoms with Crippen LogP contribution in [-0.2, 0) is 0 Å². The molecule has 88 valence electrons. The Morgan fingerprint density at radius 1 is 1.44 bits per heavy atom. The van der Waals surface area contributed by atoms with Gasteiger partial charge in [0, 0.05) is 0 Å². The quantitative estimate of drug-likeness (QED) is 0.822. The Labute approximate surface area is 92.3 Å². The second-order valence-electron chi connectivity index (χ2n) is 3.51. The number of aromatic carboxylic acids is 1. The Morgan fingerprint density at radius 3 is 2.56 bits per heavy atom. The third kappa shape index (κ3) is 2.93. The number of ether oxygens (including phenoxy) is 1. The minimum Gasteiger partial charge on any atom is -0.487 e. The van der Waals surface area contributed by atoms with Crippen LogP contribution in [0.5, 0.6) is 5.75 Å². The summed E-state index contributed by atoms with van der Waals surface area (Å²) in [4.78, 5) is 10.8. The van der Waals surface area contributed by atoms with Crippen LogP contribution in [0.4, 0.5) is 4.39 Å². The van der Waals surface area contributed by atoms with Crippen molar-refractivity contribution in [2.45, 2.75) is 26.1 Å². The van der Waals surface area contributed by atoms with E-state index in [1.54, 1.807) is 6.92 Å². The Balaban J connectivity index is 2.99. The van der Waals surface area contributed by atoms with Gasteiger partial charge in [0.2, 0.25) is 0 Å². The summed E-state index contributed by atoms with van der Waals surface area (Å²) in [6, 6.07) is 3.22. The van der Waals surface area contributed by atoms with Gasteiger partial charge in [0.15, 0.2) is 0 Å². The SMILES string of the molecule is CC(O)C(C)Oc1ccc(F)cc1C(=O)O. The van der Waals surface area contributed by atoms with Crippen LogP contribution in [0.2, 0.25) is 0 Å². The smallest absolute Gasteiger partial charge is 0.339 e. The second-order valence-corrected chi connectivity index (χ2v) is 3.51. The van der Waals surface area contributed by atoms with E-state index in [0.29, 0.717) is 0 Å². The molecule has 1 aromatic carbocycles. The lowest BCUT2D eigenvalue weighted by molar-refractivity contribution is 0.0559. The van der Waals surface area contributed by atoms with Gasteiger partial charge in [0.1, 0.15) is 23.2 Å². The zero-order valence-corrected chi connectivity index (χ0v) is 8.98. The maximum atomic E-state index is 12.8. The predicted molar refractivity (Wildman–Crippen MR) is 55.1 cm³/mol. The average molecular weight is 228 g/mol. The normalized spacial score (nSPS) is 14.2. The number of carboxylic acid groups (broad SMARTS) is 1. The van der Waals surface area contributed by atoms with E-state index in [1.165, 1.54) is 13.0 Å². The van der Waals surface area contributed by atoms with Crippen LogP contribution in [0.3, 0.4) is 0 Å². The van der Waals surface area contributed by atoms with Crippen molar-refractivity contribution in [3.63, 3.8) is 0 Å². The van der Waals surface area contributed by atoms with E-state index >= 15 is 0 Å². The van der Waals surface area contributed by atoms with Gasteiger partial charge >= 0.3 is 5.97 Å². The molecule has 0 radical (unpaired) electrons. The number of aliphatic hydroxyl groups is 1. The number of carboxylic acids is 1. The molecule has 0 heterocycles. The van der Waals surface area contributed by atoms with Crippen molar-refractivity contribution in [2.24, 2.45) is 0 Å². The molecule has 1 aromatic rings. The second kappa shape index (κ2) is 4.94. The van der Waals surface area contributed by atoms with E-state index in [1.807, 2.05) is 0 Å². The summed E-state index contributed by atoms with van der Waals surface area (Å²) in [7, 11) is 0. The molecule has 1 rings (SSSR count). The molecule has 0 aliphatic heterocycles. The molecule has 2 N–H and O–H groups in total. The molecule has 5 heteroatoms. The van der Waals surface area contributed by atoms with Gasteiger partial charge in [-0.2, -0.15) is 0 Å². The molecule has 0 aromatic heterocycles. The highest BCUT2D eigenvalue weighted by atomic mass is 19.1. The molecule has 0 saturated heterocycles. The van der Waals surface area contributed by atoms with Crippen LogP contribution < -0.4 is 4.74 Å². The van der Waals surface area contributed by atoms with Gasteiger partial charge in [-0.15, -0.1) is 0 Å². The standard InChI is InChI=1S/C11H13FO4/c1-6(13)7(2)16-10-4-3-8(12)5-9(10)11(14)15/h3-7,13H,1-2H3,(H,14,15). The fourth-order valence-corrected chi connectivity index (χ4v) is 1.07. The van der Waals surface area contributed by atoms with Crippen LogP contribution in [0.1, 0.15) is 24.2 Å². The number of hydrogen-bond acceptors (Lipinski definition) is 3. The third-order valence-corrected chi connectivity index (χ3v) is 2.16. The van der Waals surface area contributed by atoms with E-state index in [4.69, 9.17) is 9.84 Å². The predicted octanol–water partition coefficient (Wildman–Crippen LogP) is 1.67. The molecule has 0 amide bonds. The summed E-state index contributed by atoms with van der Waals surface area (Å²) in [5.74, 6) is -1.87. The first-order valence-corrected chi connectivity index (χ1v) is 4.79. The van der Waals surface area contributed by atoms with Crippen LogP contribution in [-0.4, -0.2) is 28.4 Å². The van der Waals surface area contributed by atoms with E-state index < -0.39 is 24.0 Å². The van der Waals surface area contributed by atoms with Gasteiger partial charge in [-0.05, 0) is 32.0 Å². The Morgan fingerprint density at radius 2 is 2.06 bits per heavy atom. The third-order valence-electron chi connectivity index (χ3n) is 2.16. The molecule has 2 unspecified atom stereocenters. The van der Waals surface area contributed by atoms with E-state index in [0.717, 1.165) is 12.1 Å². The highest BCUT2D eigenvalue weighted by molar-refractivity contribution is 5.90. The van der Waals surface area contributed by atoms with Gasteiger partial charge in [-0.3, -0.25) is 0 Å². The van der Waals surface area contributed by atoms with Gasteiger partial charge in [-0.25, -0.2) is 9.18 Å². The molecule has 0 aliphatic rings. The zero-order chi connectivity index (χ0) is 12.3. The molecule has 0 fully saturated rings. The summed E-state index contributed by atoms with van der Waals surface area (Å²) in [5, 5.41) is 18.1. The first-order valence-electron chi connectivity index (χ1n) is 4.79. The number of benzene rings is 1. The molecule has 0 spiro atoms. The fourth-order valence-electron chi connectivity index (χ4n) is 1.07. The molecule has 2 atom stereocenters. The van der Waals surface area contributed by atoms with Crippen LogP contribution in [0.25, 0.3) is 0 Å². The number of rotatable bonds is 4. The van der Waals surface area contributed by atoms with E-state index in [2.05, 4.69) is 0 Å². The van der Waals surface area contributed by atoms with Crippen molar-refractivity contribution in [2.75, 3.05) is 0 Å². The van der Waals surface area contributed by atoms with Gasteiger partial charge in [-0.1, -0.05) is 0 Å². The van der Waals surface area contributed by atoms with Crippen molar-refractivity contribution in [3.05, 3.63) is 29.6 Å². The van der Waals surface area contributed by atoms with E-state index in [9.17, 15) is 14.3 Å². The summed E-state index contributed by atoms with van der Waals surface area (Å²) in [5.41, 5.74) is -0.257. The first kappa shape index (κ1) is 12.4. The summed E-state index contributed by atoms with van der Waals surface area (Å²) < 4.78 is 18.1. The number of carbonyl (C=O) groups is 1. The minimum atomic E-state index is -1.27. The molecule has 0 saturated carbocycles. The fraction of sp³-hybridized carbons (Fsp3) is 0.364. The summed E-state index contributed by atoms with van der Waals surface area (Å²) >= 11 is 0. The first-order chi connectivity index (χ1) is 7.41. The minimum absolute atomic E-state index is 0.0438. The largest absolute Gasteiger partial charge is 0.487 e. The van der Waals surface area contributed by atoms with Crippen molar-refractivity contribution in [1.82, 2.24) is 0 Å². The molecular weight excluding hydrogens is 215 g/mol. The van der Waals surface area contributed by atoms with E-state index in [-0.39, 0.29) is 11.3 Å². The van der Waals surface area contributed by atoms with Gasteiger partial charge in [0.05, 0.1) is 6.10 Å². The lowest BCUT2D eigenvalue weighted by Crippen LogP contribution is -2.26. The van der Waals surface area contributed by atoms with Crippen molar-refractivity contribution in [1.29, 1.82) is 0 Å². The Kier molecular flexibility index (Phi) is 3.84. The monoisotopic (exact) mass is 228 g/mol. The molecule has 16 heavy (non-hydrogen) atoms. The lowest BCUT2D eigenvalue weighted by Gasteiger charge is -2.18. The summed E-state index contributed by atoms with van der Waals surface area (Å²) in [6.45, 7) is 3.12.